The highest BCUT2D eigenvalue weighted by Crippen LogP contribution is 2.18. The van der Waals surface area contributed by atoms with Crippen LogP contribution in [0.15, 0.2) is 6.20 Å². The van der Waals surface area contributed by atoms with Gasteiger partial charge in [-0.2, -0.15) is 10.1 Å². The topological polar surface area (TPSA) is 45.2 Å². The van der Waals surface area contributed by atoms with Gasteiger partial charge in [0.2, 0.25) is 5.95 Å². The van der Waals surface area contributed by atoms with Crippen molar-refractivity contribution >= 4 is 11.8 Å². The van der Waals surface area contributed by atoms with E-state index in [0.717, 1.165) is 50.8 Å². The van der Waals surface area contributed by atoms with Crippen LogP contribution in [0.4, 0.5) is 11.8 Å². The molecule has 0 radical (unpaired) electrons. The molecule has 2 heterocycles. The zero-order chi connectivity index (χ0) is 14.2. The molecule has 1 aromatic rings. The quantitative estimate of drug-likeness (QED) is 0.800. The van der Waals surface area contributed by atoms with Crippen molar-refractivity contribution in [3.8, 4) is 0 Å². The zero-order valence-corrected chi connectivity index (χ0v) is 12.9. The Morgan fingerprint density at radius 3 is 2.30 bits per heavy atom. The molecule has 0 spiro atoms. The summed E-state index contributed by atoms with van der Waals surface area (Å²) < 4.78 is 0. The number of hydrogen-bond acceptors (Lipinski definition) is 5. The second-order valence-corrected chi connectivity index (χ2v) is 5.50. The van der Waals surface area contributed by atoms with Crippen LogP contribution in [-0.2, 0) is 0 Å². The van der Waals surface area contributed by atoms with Gasteiger partial charge in [0, 0.05) is 26.2 Å². The average Bonchev–Trinajstić information content (AvgIpc) is 2.76. The molecule has 2 rings (SSSR count). The van der Waals surface area contributed by atoms with Gasteiger partial charge in [-0.1, -0.05) is 26.7 Å². The summed E-state index contributed by atoms with van der Waals surface area (Å²) in [4.78, 5) is 9.36. The summed E-state index contributed by atoms with van der Waals surface area (Å²) in [6.07, 6.45) is 9.21. The fourth-order valence-electron chi connectivity index (χ4n) is 2.72. The lowest BCUT2D eigenvalue weighted by Crippen LogP contribution is -2.30. The Balaban J connectivity index is 2.12. The number of anilines is 2. The summed E-state index contributed by atoms with van der Waals surface area (Å²) in [6.45, 7) is 8.57. The van der Waals surface area contributed by atoms with Gasteiger partial charge in [-0.25, -0.2) is 0 Å². The van der Waals surface area contributed by atoms with Crippen molar-refractivity contribution < 1.29 is 0 Å². The van der Waals surface area contributed by atoms with Crippen molar-refractivity contribution in [2.45, 2.75) is 52.4 Å². The first-order chi connectivity index (χ1) is 9.85. The minimum atomic E-state index is 0.787. The highest BCUT2D eigenvalue weighted by atomic mass is 15.3. The SMILES string of the molecule is CCCN(CCC)c1nncc(N2CCCCCC2)n1. The molecule has 0 bridgehead atoms. The Morgan fingerprint density at radius 1 is 1.05 bits per heavy atom. The van der Waals surface area contributed by atoms with Crippen molar-refractivity contribution in [1.82, 2.24) is 15.2 Å². The van der Waals surface area contributed by atoms with E-state index in [1.165, 1.54) is 25.7 Å². The van der Waals surface area contributed by atoms with Gasteiger partial charge >= 0.3 is 0 Å². The van der Waals surface area contributed by atoms with E-state index in [2.05, 4.69) is 33.8 Å². The van der Waals surface area contributed by atoms with Gasteiger partial charge in [-0.3, -0.25) is 0 Å². The maximum absolute atomic E-state index is 4.75. The van der Waals surface area contributed by atoms with Crippen LogP contribution >= 0.6 is 0 Å². The number of hydrogen-bond donors (Lipinski definition) is 0. The predicted octanol–water partition coefficient (Wildman–Crippen LogP) is 2.88. The van der Waals surface area contributed by atoms with Crippen LogP contribution in [0.2, 0.25) is 0 Å². The largest absolute Gasteiger partial charge is 0.355 e. The van der Waals surface area contributed by atoms with Crippen LogP contribution in [0.3, 0.4) is 0 Å². The summed E-state index contributed by atoms with van der Waals surface area (Å²) in [5.41, 5.74) is 0. The van der Waals surface area contributed by atoms with Gasteiger partial charge in [0.1, 0.15) is 0 Å². The Hall–Kier alpha value is -1.39. The van der Waals surface area contributed by atoms with Gasteiger partial charge in [-0.15, -0.1) is 5.10 Å². The highest BCUT2D eigenvalue weighted by Gasteiger charge is 2.14. The van der Waals surface area contributed by atoms with Crippen LogP contribution in [0, 0.1) is 0 Å². The van der Waals surface area contributed by atoms with Crippen LogP contribution < -0.4 is 9.80 Å². The smallest absolute Gasteiger partial charge is 0.247 e. The standard InChI is InChI=1S/C15H27N5/c1-3-9-20(10-4-2)15-17-14(13-16-18-15)19-11-7-5-6-8-12-19/h13H,3-12H2,1-2H3. The molecule has 0 N–H and O–H groups in total. The molecule has 1 aliphatic heterocycles. The van der Waals surface area contributed by atoms with Crippen molar-refractivity contribution in [1.29, 1.82) is 0 Å². The maximum atomic E-state index is 4.75. The monoisotopic (exact) mass is 277 g/mol. The normalized spacial score (nSPS) is 16.0. The first kappa shape index (κ1) is 15.0. The number of aromatic nitrogens is 3. The van der Waals surface area contributed by atoms with Gasteiger partial charge < -0.3 is 9.80 Å². The van der Waals surface area contributed by atoms with Gasteiger partial charge in [0.25, 0.3) is 0 Å². The van der Waals surface area contributed by atoms with Gasteiger partial charge in [-0.05, 0) is 25.7 Å². The van der Waals surface area contributed by atoms with E-state index < -0.39 is 0 Å². The molecule has 0 aromatic carbocycles. The number of nitrogens with zero attached hydrogens (tertiary/aromatic N) is 5. The fourth-order valence-corrected chi connectivity index (χ4v) is 2.72. The predicted molar refractivity (Wildman–Crippen MR) is 83.3 cm³/mol. The van der Waals surface area contributed by atoms with Crippen molar-refractivity contribution in [2.75, 3.05) is 36.0 Å². The molecule has 1 aromatic heterocycles. The van der Waals surface area contributed by atoms with E-state index in [9.17, 15) is 0 Å². The lowest BCUT2D eigenvalue weighted by atomic mass is 10.2. The third-order valence-electron chi connectivity index (χ3n) is 3.73. The molecule has 0 amide bonds. The fraction of sp³-hybridized carbons (Fsp3) is 0.800. The van der Waals surface area contributed by atoms with E-state index in [0.29, 0.717) is 0 Å². The van der Waals surface area contributed by atoms with Crippen LogP contribution in [0.25, 0.3) is 0 Å². The van der Waals surface area contributed by atoms with Crippen molar-refractivity contribution in [2.24, 2.45) is 0 Å². The van der Waals surface area contributed by atoms with E-state index in [1.54, 1.807) is 0 Å². The van der Waals surface area contributed by atoms with Crippen molar-refractivity contribution in [3.63, 3.8) is 0 Å². The molecule has 1 saturated heterocycles. The molecule has 20 heavy (non-hydrogen) atoms. The first-order valence-electron chi connectivity index (χ1n) is 8.04. The van der Waals surface area contributed by atoms with E-state index in [4.69, 9.17) is 4.98 Å². The summed E-state index contributed by atoms with van der Waals surface area (Å²) in [6, 6.07) is 0. The minimum Gasteiger partial charge on any atom is -0.355 e. The first-order valence-corrected chi connectivity index (χ1v) is 8.04. The van der Waals surface area contributed by atoms with E-state index in [-0.39, 0.29) is 0 Å². The van der Waals surface area contributed by atoms with Crippen LogP contribution in [0.5, 0.6) is 0 Å². The summed E-state index contributed by atoms with van der Waals surface area (Å²) >= 11 is 0. The molecule has 5 nitrogen and oxygen atoms in total. The van der Waals surface area contributed by atoms with Crippen LogP contribution in [0.1, 0.15) is 52.4 Å². The molecule has 0 aliphatic carbocycles. The summed E-state index contributed by atoms with van der Waals surface area (Å²) in [7, 11) is 0. The molecule has 0 saturated carbocycles. The Morgan fingerprint density at radius 2 is 1.70 bits per heavy atom. The molecule has 1 fully saturated rings. The van der Waals surface area contributed by atoms with Crippen LogP contribution in [-0.4, -0.2) is 41.4 Å². The summed E-state index contributed by atoms with van der Waals surface area (Å²) in [5.74, 6) is 1.78. The zero-order valence-electron chi connectivity index (χ0n) is 12.9. The highest BCUT2D eigenvalue weighted by molar-refractivity contribution is 5.41. The lowest BCUT2D eigenvalue weighted by Gasteiger charge is -2.24. The molecular weight excluding hydrogens is 250 g/mol. The molecule has 112 valence electrons. The van der Waals surface area contributed by atoms with E-state index in [1.807, 2.05) is 6.20 Å². The second-order valence-electron chi connectivity index (χ2n) is 5.50. The van der Waals surface area contributed by atoms with Gasteiger partial charge in [0.15, 0.2) is 5.82 Å². The Bertz CT molecular complexity index is 364. The number of rotatable bonds is 6. The molecule has 1 aliphatic rings. The summed E-state index contributed by atoms with van der Waals surface area (Å²) in [5, 5.41) is 8.41. The van der Waals surface area contributed by atoms with E-state index >= 15 is 0 Å². The molecule has 0 unspecified atom stereocenters. The van der Waals surface area contributed by atoms with Gasteiger partial charge in [0.05, 0.1) is 6.20 Å². The molecular formula is C15H27N5. The third kappa shape index (κ3) is 4.05. The maximum Gasteiger partial charge on any atom is 0.247 e. The lowest BCUT2D eigenvalue weighted by molar-refractivity contribution is 0.701. The minimum absolute atomic E-state index is 0.787. The Labute approximate surface area is 122 Å². The molecule has 5 heteroatoms. The third-order valence-corrected chi connectivity index (χ3v) is 3.73. The second kappa shape index (κ2) is 8.02. The van der Waals surface area contributed by atoms with Crippen molar-refractivity contribution in [3.05, 3.63) is 6.20 Å². The average molecular weight is 277 g/mol. The Kier molecular flexibility index (Phi) is 6.02. The molecule has 0 atom stereocenters.